The van der Waals surface area contributed by atoms with Crippen LogP contribution in [0.4, 0.5) is 17.2 Å². The zero-order chi connectivity index (χ0) is 16.9. The van der Waals surface area contributed by atoms with E-state index < -0.39 is 4.92 Å². The highest BCUT2D eigenvalue weighted by Crippen LogP contribution is 2.37. The van der Waals surface area contributed by atoms with Crippen LogP contribution in [0.25, 0.3) is 0 Å². The van der Waals surface area contributed by atoms with Crippen molar-refractivity contribution in [3.63, 3.8) is 0 Å². The van der Waals surface area contributed by atoms with Gasteiger partial charge in [0.2, 0.25) is 5.82 Å². The first kappa shape index (κ1) is 16.0. The van der Waals surface area contributed by atoms with E-state index in [4.69, 9.17) is 11.6 Å². The molecule has 0 spiro atoms. The molecule has 6 heteroatoms. The van der Waals surface area contributed by atoms with Crippen molar-refractivity contribution < 1.29 is 4.92 Å². The summed E-state index contributed by atoms with van der Waals surface area (Å²) in [6, 6.07) is 20.6. The van der Waals surface area contributed by atoms with Crippen LogP contribution in [-0.4, -0.2) is 9.91 Å². The van der Waals surface area contributed by atoms with E-state index in [9.17, 15) is 10.1 Å². The molecule has 24 heavy (non-hydrogen) atoms. The average molecular weight is 340 g/mol. The highest BCUT2D eigenvalue weighted by molar-refractivity contribution is 6.33. The molecule has 0 amide bonds. The standard InChI is InChI=1S/C18H14ClN3O2/c19-16-11-12-20-18(17(16)22(23)24)21(15-9-5-2-6-10-15)13-14-7-3-1-4-8-14/h1-12H,13H2. The van der Waals surface area contributed by atoms with Crippen LogP contribution in [0.5, 0.6) is 0 Å². The van der Waals surface area contributed by atoms with Crippen molar-refractivity contribution in [3.8, 4) is 0 Å². The lowest BCUT2D eigenvalue weighted by Crippen LogP contribution is -2.19. The third-order valence-electron chi connectivity index (χ3n) is 3.55. The molecule has 0 radical (unpaired) electrons. The Kier molecular flexibility index (Phi) is 4.72. The minimum atomic E-state index is -0.494. The molecule has 0 N–H and O–H groups in total. The van der Waals surface area contributed by atoms with Crippen LogP contribution in [0, 0.1) is 10.1 Å². The molecule has 1 heterocycles. The van der Waals surface area contributed by atoms with Crippen LogP contribution in [0.15, 0.2) is 72.9 Å². The normalized spacial score (nSPS) is 10.4. The Balaban J connectivity index is 2.12. The van der Waals surface area contributed by atoms with Gasteiger partial charge in [-0.15, -0.1) is 0 Å². The molecule has 0 aliphatic carbocycles. The maximum Gasteiger partial charge on any atom is 0.330 e. The van der Waals surface area contributed by atoms with Gasteiger partial charge in [-0.2, -0.15) is 0 Å². The second kappa shape index (κ2) is 7.10. The number of nitrogens with zero attached hydrogens (tertiary/aromatic N) is 3. The first-order chi connectivity index (χ1) is 11.7. The first-order valence-corrected chi connectivity index (χ1v) is 7.70. The van der Waals surface area contributed by atoms with E-state index in [0.29, 0.717) is 6.54 Å². The largest absolute Gasteiger partial charge is 0.330 e. The van der Waals surface area contributed by atoms with Gasteiger partial charge in [-0.25, -0.2) is 4.98 Å². The number of nitro groups is 1. The van der Waals surface area contributed by atoms with E-state index in [1.807, 2.05) is 60.7 Å². The zero-order valence-electron chi connectivity index (χ0n) is 12.7. The van der Waals surface area contributed by atoms with Gasteiger partial charge in [0, 0.05) is 18.4 Å². The molecular formula is C18H14ClN3O2. The zero-order valence-corrected chi connectivity index (χ0v) is 13.4. The van der Waals surface area contributed by atoms with Crippen molar-refractivity contribution in [2.45, 2.75) is 6.54 Å². The number of para-hydroxylation sites is 1. The Labute approximate surface area is 144 Å². The van der Waals surface area contributed by atoms with E-state index in [1.54, 1.807) is 4.90 Å². The quantitative estimate of drug-likeness (QED) is 0.485. The highest BCUT2D eigenvalue weighted by Gasteiger charge is 2.25. The van der Waals surface area contributed by atoms with Crippen molar-refractivity contribution >= 4 is 28.8 Å². The van der Waals surface area contributed by atoms with Gasteiger partial charge in [-0.3, -0.25) is 10.1 Å². The number of halogens is 1. The topological polar surface area (TPSA) is 59.3 Å². The van der Waals surface area contributed by atoms with Gasteiger partial charge in [0.05, 0.1) is 4.92 Å². The highest BCUT2D eigenvalue weighted by atomic mass is 35.5. The predicted molar refractivity (Wildman–Crippen MR) is 94.6 cm³/mol. The molecule has 0 fully saturated rings. The lowest BCUT2D eigenvalue weighted by atomic mass is 10.2. The molecule has 3 rings (SSSR count). The van der Waals surface area contributed by atoms with Crippen LogP contribution in [0.1, 0.15) is 5.56 Å². The summed E-state index contributed by atoms with van der Waals surface area (Å²) in [5, 5.41) is 11.6. The smallest absolute Gasteiger partial charge is 0.316 e. The van der Waals surface area contributed by atoms with Crippen molar-refractivity contribution in [2.75, 3.05) is 4.90 Å². The van der Waals surface area contributed by atoms with E-state index in [1.165, 1.54) is 12.3 Å². The summed E-state index contributed by atoms with van der Waals surface area (Å²) in [6.45, 7) is 0.443. The molecule has 120 valence electrons. The van der Waals surface area contributed by atoms with Crippen LogP contribution in [0.3, 0.4) is 0 Å². The fraction of sp³-hybridized carbons (Fsp3) is 0.0556. The second-order valence-corrected chi connectivity index (χ2v) is 5.54. The number of hydrogen-bond acceptors (Lipinski definition) is 4. The molecule has 0 unspecified atom stereocenters. The Bertz CT molecular complexity index is 841. The fourth-order valence-corrected chi connectivity index (χ4v) is 2.66. The average Bonchev–Trinajstić information content (AvgIpc) is 2.61. The second-order valence-electron chi connectivity index (χ2n) is 5.13. The Morgan fingerprint density at radius 2 is 1.62 bits per heavy atom. The van der Waals surface area contributed by atoms with Gasteiger partial charge in [-0.05, 0) is 23.8 Å². The van der Waals surface area contributed by atoms with Crippen molar-refractivity contribution in [1.29, 1.82) is 0 Å². The summed E-state index contributed by atoms with van der Waals surface area (Å²) in [6.07, 6.45) is 1.48. The van der Waals surface area contributed by atoms with E-state index in [0.717, 1.165) is 11.3 Å². The third-order valence-corrected chi connectivity index (χ3v) is 3.85. The first-order valence-electron chi connectivity index (χ1n) is 7.32. The Morgan fingerprint density at radius 3 is 2.25 bits per heavy atom. The molecule has 3 aromatic rings. The summed E-state index contributed by atoms with van der Waals surface area (Å²) in [5.41, 5.74) is 1.62. The lowest BCUT2D eigenvalue weighted by molar-refractivity contribution is -0.384. The number of hydrogen-bond donors (Lipinski definition) is 0. The van der Waals surface area contributed by atoms with Crippen LogP contribution < -0.4 is 4.90 Å². The van der Waals surface area contributed by atoms with Crippen molar-refractivity contribution in [1.82, 2.24) is 4.98 Å². The van der Waals surface area contributed by atoms with Gasteiger partial charge in [0.25, 0.3) is 0 Å². The third kappa shape index (κ3) is 3.36. The minimum absolute atomic E-state index is 0.0685. The summed E-state index contributed by atoms with van der Waals surface area (Å²) in [4.78, 5) is 17.0. The molecular weight excluding hydrogens is 326 g/mol. The van der Waals surface area contributed by atoms with Gasteiger partial charge in [0.1, 0.15) is 5.02 Å². The van der Waals surface area contributed by atoms with Gasteiger partial charge in [0.15, 0.2) is 0 Å². The monoisotopic (exact) mass is 339 g/mol. The van der Waals surface area contributed by atoms with Gasteiger partial charge >= 0.3 is 5.69 Å². The molecule has 0 bridgehead atoms. The summed E-state index contributed by atoms with van der Waals surface area (Å²) < 4.78 is 0. The van der Waals surface area contributed by atoms with E-state index in [-0.39, 0.29) is 16.5 Å². The van der Waals surface area contributed by atoms with E-state index in [2.05, 4.69) is 4.98 Å². The van der Waals surface area contributed by atoms with E-state index >= 15 is 0 Å². The summed E-state index contributed by atoms with van der Waals surface area (Å²) in [7, 11) is 0. The molecule has 5 nitrogen and oxygen atoms in total. The molecule has 0 atom stereocenters. The van der Waals surface area contributed by atoms with Crippen molar-refractivity contribution in [3.05, 3.63) is 93.6 Å². The fourth-order valence-electron chi connectivity index (χ4n) is 2.45. The molecule has 2 aromatic carbocycles. The molecule has 0 aliphatic heterocycles. The number of benzene rings is 2. The van der Waals surface area contributed by atoms with Gasteiger partial charge in [-0.1, -0.05) is 60.1 Å². The number of aromatic nitrogens is 1. The van der Waals surface area contributed by atoms with Crippen LogP contribution in [-0.2, 0) is 6.54 Å². The summed E-state index contributed by atoms with van der Waals surface area (Å²) >= 11 is 6.05. The maximum atomic E-state index is 11.5. The Morgan fingerprint density at radius 1 is 1.00 bits per heavy atom. The minimum Gasteiger partial charge on any atom is -0.316 e. The lowest BCUT2D eigenvalue weighted by Gasteiger charge is -2.24. The molecule has 1 aromatic heterocycles. The number of pyridine rings is 1. The van der Waals surface area contributed by atoms with Crippen LogP contribution in [0.2, 0.25) is 5.02 Å². The Hall–Kier alpha value is -2.92. The molecule has 0 saturated carbocycles. The molecule has 0 saturated heterocycles. The predicted octanol–water partition coefficient (Wildman–Crippen LogP) is 4.98. The maximum absolute atomic E-state index is 11.5. The van der Waals surface area contributed by atoms with Crippen LogP contribution >= 0.6 is 11.6 Å². The molecule has 0 aliphatic rings. The SMILES string of the molecule is O=[N+]([O-])c1c(Cl)ccnc1N(Cc1ccccc1)c1ccccc1. The van der Waals surface area contributed by atoms with Gasteiger partial charge < -0.3 is 4.90 Å². The van der Waals surface area contributed by atoms with Crippen molar-refractivity contribution in [2.24, 2.45) is 0 Å². The number of rotatable bonds is 5. The number of anilines is 2. The summed E-state index contributed by atoms with van der Waals surface area (Å²) in [5.74, 6) is 0.225.